The van der Waals surface area contributed by atoms with Crippen molar-refractivity contribution in [1.82, 2.24) is 0 Å². The Hall–Kier alpha value is -1.86. The van der Waals surface area contributed by atoms with Crippen molar-refractivity contribution < 1.29 is 28.8 Å². The zero-order valence-corrected chi connectivity index (χ0v) is 20.1. The molecule has 0 aromatic heterocycles. The summed E-state index contributed by atoms with van der Waals surface area (Å²) in [5, 5.41) is 12.4. The van der Waals surface area contributed by atoms with Gasteiger partial charge in [0.05, 0.1) is 31.7 Å². The summed E-state index contributed by atoms with van der Waals surface area (Å²) >= 11 is 0. The van der Waals surface area contributed by atoms with Crippen LogP contribution < -0.4 is 9.47 Å². The molecule has 6 nitrogen and oxygen atoms in total. The largest absolute Gasteiger partial charge is 0.497 e. The summed E-state index contributed by atoms with van der Waals surface area (Å²) in [5.74, 6) is 2.00. The highest BCUT2D eigenvalue weighted by Gasteiger charge is 2.71. The fourth-order valence-corrected chi connectivity index (χ4v) is 6.97. The first-order chi connectivity index (χ1) is 15.8. The Morgan fingerprint density at radius 1 is 1.12 bits per heavy atom. The summed E-state index contributed by atoms with van der Waals surface area (Å²) in [7, 11) is 3.28. The Morgan fingerprint density at radius 2 is 1.88 bits per heavy atom. The van der Waals surface area contributed by atoms with E-state index in [0.717, 1.165) is 49.2 Å². The number of hydrogen-bond donors (Lipinski definition) is 1. The van der Waals surface area contributed by atoms with Gasteiger partial charge in [0.2, 0.25) is 0 Å². The molecule has 5 unspecified atom stereocenters. The minimum atomic E-state index is -0.927. The summed E-state index contributed by atoms with van der Waals surface area (Å²) in [6.45, 7) is 5.33. The molecule has 1 saturated heterocycles. The fraction of sp³-hybridized carbons (Fsp3) is 0.630. The number of benzene rings is 1. The molecule has 2 saturated carbocycles. The van der Waals surface area contributed by atoms with Crippen molar-refractivity contribution >= 4 is 0 Å². The Labute approximate surface area is 196 Å². The molecule has 5 rings (SSSR count). The zero-order valence-electron chi connectivity index (χ0n) is 20.1. The van der Waals surface area contributed by atoms with E-state index >= 15 is 0 Å². The van der Waals surface area contributed by atoms with Crippen LogP contribution >= 0.6 is 0 Å². The van der Waals surface area contributed by atoms with Crippen molar-refractivity contribution in [2.24, 2.45) is 16.7 Å². The van der Waals surface area contributed by atoms with E-state index in [4.69, 9.17) is 23.7 Å². The zero-order chi connectivity index (χ0) is 23.3. The molecule has 3 fully saturated rings. The van der Waals surface area contributed by atoms with Gasteiger partial charge in [-0.05, 0) is 85.4 Å². The summed E-state index contributed by atoms with van der Waals surface area (Å²) in [5.41, 5.74) is -0.778. The topological polar surface area (TPSA) is 66.4 Å². The van der Waals surface area contributed by atoms with E-state index in [9.17, 15) is 5.11 Å². The number of aliphatic hydroxyl groups is 1. The fourth-order valence-electron chi connectivity index (χ4n) is 6.97. The van der Waals surface area contributed by atoms with Crippen molar-refractivity contribution in [1.29, 1.82) is 0 Å². The highest BCUT2D eigenvalue weighted by molar-refractivity contribution is 5.40. The second kappa shape index (κ2) is 8.12. The quantitative estimate of drug-likeness (QED) is 0.350. The predicted molar refractivity (Wildman–Crippen MR) is 124 cm³/mol. The normalized spacial score (nSPS) is 38.6. The molecule has 1 aromatic carbocycles. The Bertz CT molecular complexity index is 936. The van der Waals surface area contributed by atoms with Gasteiger partial charge in [-0.1, -0.05) is 13.8 Å². The monoisotopic (exact) mass is 456 g/mol. The van der Waals surface area contributed by atoms with Crippen LogP contribution in [0.5, 0.6) is 11.5 Å². The maximum atomic E-state index is 12.4. The number of hydrogen-bond acceptors (Lipinski definition) is 6. The van der Waals surface area contributed by atoms with Crippen LogP contribution in [-0.4, -0.2) is 50.0 Å². The van der Waals surface area contributed by atoms with Gasteiger partial charge in [-0.25, -0.2) is 0 Å². The van der Waals surface area contributed by atoms with E-state index in [0.29, 0.717) is 12.5 Å². The third-order valence-corrected chi connectivity index (χ3v) is 9.08. The number of methoxy groups -OCH3 is 2. The molecule has 0 radical (unpaired) electrons. The van der Waals surface area contributed by atoms with Crippen molar-refractivity contribution in [2.75, 3.05) is 27.6 Å². The molecule has 1 N–H and O–H groups in total. The third-order valence-electron chi connectivity index (χ3n) is 9.08. The minimum Gasteiger partial charge on any atom is -0.497 e. The van der Waals surface area contributed by atoms with E-state index < -0.39 is 16.6 Å². The SMILES string of the molecule is COCOC12C=C(C3(O)CC4CCC3(/C=C/Oc3ccc(OC)cc3)C4(C)C)CCC1OC2. The van der Waals surface area contributed by atoms with E-state index in [2.05, 4.69) is 26.0 Å². The molecule has 33 heavy (non-hydrogen) atoms. The van der Waals surface area contributed by atoms with Gasteiger partial charge in [-0.3, -0.25) is 0 Å². The Morgan fingerprint density at radius 3 is 2.52 bits per heavy atom. The van der Waals surface area contributed by atoms with Gasteiger partial charge < -0.3 is 28.8 Å². The van der Waals surface area contributed by atoms with Gasteiger partial charge in [0, 0.05) is 12.5 Å². The lowest BCUT2D eigenvalue weighted by Gasteiger charge is -2.54. The molecule has 1 aliphatic heterocycles. The molecule has 4 aliphatic rings. The van der Waals surface area contributed by atoms with Crippen LogP contribution in [-0.2, 0) is 14.2 Å². The van der Waals surface area contributed by atoms with Crippen LogP contribution in [0.15, 0.2) is 48.3 Å². The maximum absolute atomic E-state index is 12.4. The van der Waals surface area contributed by atoms with E-state index in [-0.39, 0.29) is 18.3 Å². The van der Waals surface area contributed by atoms with Gasteiger partial charge in [-0.15, -0.1) is 0 Å². The van der Waals surface area contributed by atoms with Crippen molar-refractivity contribution in [3.63, 3.8) is 0 Å². The summed E-state index contributed by atoms with van der Waals surface area (Å²) in [4.78, 5) is 0. The van der Waals surface area contributed by atoms with Crippen LogP contribution in [0.25, 0.3) is 0 Å². The van der Waals surface area contributed by atoms with Gasteiger partial charge in [-0.2, -0.15) is 0 Å². The van der Waals surface area contributed by atoms with Crippen LogP contribution in [0.4, 0.5) is 0 Å². The van der Waals surface area contributed by atoms with Crippen LogP contribution in [0.1, 0.15) is 46.0 Å². The maximum Gasteiger partial charge on any atom is 0.147 e. The molecule has 5 atom stereocenters. The molecule has 1 heterocycles. The Balaban J connectivity index is 1.45. The molecule has 3 aliphatic carbocycles. The lowest BCUT2D eigenvalue weighted by Crippen LogP contribution is -2.62. The highest BCUT2D eigenvalue weighted by atomic mass is 16.7. The molecule has 1 aromatic rings. The third kappa shape index (κ3) is 3.29. The van der Waals surface area contributed by atoms with E-state index in [1.807, 2.05) is 24.3 Å². The second-order valence-electron chi connectivity index (χ2n) is 10.6. The van der Waals surface area contributed by atoms with Crippen molar-refractivity contribution in [3.8, 4) is 11.5 Å². The van der Waals surface area contributed by atoms with E-state index in [1.165, 1.54) is 0 Å². The molecule has 2 bridgehead atoms. The molecular formula is C27H36O6. The average molecular weight is 457 g/mol. The predicted octanol–water partition coefficient (Wildman–Crippen LogP) is 4.62. The lowest BCUT2D eigenvalue weighted by molar-refractivity contribution is -0.266. The van der Waals surface area contributed by atoms with Gasteiger partial charge in [0.1, 0.15) is 23.9 Å². The smallest absolute Gasteiger partial charge is 0.147 e. The number of fused-ring (bicyclic) bond motifs is 3. The highest BCUT2D eigenvalue weighted by Crippen LogP contribution is 2.72. The molecular weight excluding hydrogens is 420 g/mol. The lowest BCUT2D eigenvalue weighted by atomic mass is 9.59. The van der Waals surface area contributed by atoms with Crippen molar-refractivity contribution in [3.05, 3.63) is 48.3 Å². The van der Waals surface area contributed by atoms with Crippen LogP contribution in [0, 0.1) is 16.7 Å². The standard InChI is InChI=1S/C27H36O6/c1-24(2)19-11-12-26(24,13-14-31-22-8-6-21(30-4)7-9-22)27(28,16-19)20-5-10-23-25(15-20,17-32-23)33-18-29-3/h6-9,13-15,19,23,28H,5,10-12,16-18H2,1-4H3/b14-13+. The van der Waals surface area contributed by atoms with Gasteiger partial charge in [0.15, 0.2) is 0 Å². The first-order valence-corrected chi connectivity index (χ1v) is 12.0. The summed E-state index contributed by atoms with van der Waals surface area (Å²) in [6, 6.07) is 7.54. The minimum absolute atomic E-state index is 0.0384. The molecule has 0 amide bonds. The van der Waals surface area contributed by atoms with Crippen LogP contribution in [0.3, 0.4) is 0 Å². The molecule has 180 valence electrons. The first-order valence-electron chi connectivity index (χ1n) is 12.0. The average Bonchev–Trinajstić information content (AvgIpc) is 3.14. The second-order valence-corrected chi connectivity index (χ2v) is 10.6. The number of ether oxygens (including phenoxy) is 5. The summed E-state index contributed by atoms with van der Waals surface area (Å²) in [6.07, 6.45) is 10.6. The Kier molecular flexibility index (Phi) is 5.64. The van der Waals surface area contributed by atoms with Crippen LogP contribution in [0.2, 0.25) is 0 Å². The molecule has 0 spiro atoms. The van der Waals surface area contributed by atoms with Gasteiger partial charge in [0.25, 0.3) is 0 Å². The number of rotatable bonds is 8. The first kappa shape index (κ1) is 22.9. The molecule has 6 heteroatoms. The summed E-state index contributed by atoms with van der Waals surface area (Å²) < 4.78 is 28.3. The van der Waals surface area contributed by atoms with E-state index in [1.54, 1.807) is 20.5 Å². The van der Waals surface area contributed by atoms with Gasteiger partial charge >= 0.3 is 0 Å². The van der Waals surface area contributed by atoms with Crippen molar-refractivity contribution in [2.45, 2.75) is 63.3 Å².